The number of aryl methyl sites for hydroxylation is 1. The summed E-state index contributed by atoms with van der Waals surface area (Å²) in [6.45, 7) is 1.96. The minimum atomic E-state index is 0.604. The molecule has 0 aliphatic heterocycles. The molecule has 0 spiro atoms. The molecule has 96 valence electrons. The average Bonchev–Trinajstić information content (AvgIpc) is 2.83. The van der Waals surface area contributed by atoms with Crippen molar-refractivity contribution < 1.29 is 0 Å². The Bertz CT molecular complexity index is 750. The van der Waals surface area contributed by atoms with E-state index in [4.69, 9.17) is 23.2 Å². The number of rotatable bonds is 2. The molecule has 0 saturated heterocycles. The van der Waals surface area contributed by atoms with Crippen molar-refractivity contribution in [1.29, 1.82) is 0 Å². The zero-order valence-electron chi connectivity index (χ0n) is 10.3. The van der Waals surface area contributed by atoms with Gasteiger partial charge in [-0.1, -0.05) is 35.3 Å². The molecule has 3 aromatic rings. The van der Waals surface area contributed by atoms with E-state index in [-0.39, 0.29) is 0 Å². The Morgan fingerprint density at radius 1 is 1.21 bits per heavy atom. The summed E-state index contributed by atoms with van der Waals surface area (Å²) in [6, 6.07) is 9.58. The van der Waals surface area contributed by atoms with Crippen LogP contribution in [0, 0.1) is 6.92 Å². The fourth-order valence-electron chi connectivity index (χ4n) is 2.10. The third kappa shape index (κ3) is 2.31. The van der Waals surface area contributed by atoms with Crippen molar-refractivity contribution in [2.24, 2.45) is 0 Å². The highest BCUT2D eigenvalue weighted by atomic mass is 35.5. The molecule has 0 unspecified atom stereocenters. The summed E-state index contributed by atoms with van der Waals surface area (Å²) < 4.78 is 1.65. The predicted molar refractivity (Wildman–Crippen MR) is 77.0 cm³/mol. The molecule has 2 aromatic heterocycles. The molecule has 0 fully saturated rings. The van der Waals surface area contributed by atoms with E-state index in [2.05, 4.69) is 10.1 Å². The number of hydrogen-bond donors (Lipinski definition) is 0. The van der Waals surface area contributed by atoms with Crippen LogP contribution in [0.3, 0.4) is 0 Å². The first-order chi connectivity index (χ1) is 9.15. The lowest BCUT2D eigenvalue weighted by molar-refractivity contribution is 0.902. The van der Waals surface area contributed by atoms with E-state index in [1.807, 2.05) is 37.3 Å². The Balaban J connectivity index is 2.09. The van der Waals surface area contributed by atoms with E-state index in [0.29, 0.717) is 11.6 Å². The normalized spacial score (nSPS) is 11.1. The summed E-state index contributed by atoms with van der Waals surface area (Å²) in [4.78, 5) is 4.50. The summed E-state index contributed by atoms with van der Waals surface area (Å²) in [5.74, 6) is 0. The molecular formula is C14H11Cl2N3. The molecule has 5 heteroatoms. The topological polar surface area (TPSA) is 30.2 Å². The van der Waals surface area contributed by atoms with Gasteiger partial charge in [0.15, 0.2) is 5.65 Å². The lowest BCUT2D eigenvalue weighted by Gasteiger charge is -2.09. The van der Waals surface area contributed by atoms with E-state index >= 15 is 0 Å². The van der Waals surface area contributed by atoms with Gasteiger partial charge in [0.1, 0.15) is 5.15 Å². The summed E-state index contributed by atoms with van der Waals surface area (Å²) in [5.41, 5.74) is 3.75. The zero-order valence-corrected chi connectivity index (χ0v) is 11.8. The van der Waals surface area contributed by atoms with Gasteiger partial charge in [0.25, 0.3) is 0 Å². The van der Waals surface area contributed by atoms with Crippen LogP contribution in [0.1, 0.15) is 16.8 Å². The maximum absolute atomic E-state index is 6.41. The van der Waals surface area contributed by atoms with Crippen LogP contribution in [-0.4, -0.2) is 14.6 Å². The first-order valence-corrected chi connectivity index (χ1v) is 6.64. The van der Waals surface area contributed by atoms with Gasteiger partial charge in [0.05, 0.1) is 6.20 Å². The number of aromatic nitrogens is 3. The van der Waals surface area contributed by atoms with Crippen LogP contribution in [0.5, 0.6) is 0 Å². The minimum Gasteiger partial charge on any atom is -0.233 e. The summed E-state index contributed by atoms with van der Waals surface area (Å²) >= 11 is 12.4. The van der Waals surface area contributed by atoms with Crippen LogP contribution in [0.2, 0.25) is 10.2 Å². The van der Waals surface area contributed by atoms with Gasteiger partial charge in [-0.05, 0) is 24.6 Å². The van der Waals surface area contributed by atoms with Gasteiger partial charge >= 0.3 is 0 Å². The maximum atomic E-state index is 6.41. The van der Waals surface area contributed by atoms with Crippen LogP contribution in [0.4, 0.5) is 0 Å². The SMILES string of the molecule is Cc1nc2ccnn2c(Cl)c1Cc1cccc(Cl)c1. The maximum Gasteiger partial charge on any atom is 0.156 e. The Labute approximate surface area is 120 Å². The predicted octanol–water partition coefficient (Wildman–Crippen LogP) is 3.94. The quantitative estimate of drug-likeness (QED) is 0.670. The molecule has 3 rings (SSSR count). The van der Waals surface area contributed by atoms with Gasteiger partial charge in [0.2, 0.25) is 0 Å². The lowest BCUT2D eigenvalue weighted by atomic mass is 10.1. The summed E-state index contributed by atoms with van der Waals surface area (Å²) in [7, 11) is 0. The second-order valence-electron chi connectivity index (χ2n) is 4.37. The fourth-order valence-corrected chi connectivity index (χ4v) is 2.65. The molecule has 2 heterocycles. The summed E-state index contributed by atoms with van der Waals surface area (Å²) in [5, 5.41) is 5.50. The molecule has 0 atom stereocenters. The number of nitrogens with zero attached hydrogens (tertiary/aromatic N) is 3. The Kier molecular flexibility index (Phi) is 3.17. The number of halogens is 2. The molecule has 19 heavy (non-hydrogen) atoms. The molecule has 0 aliphatic carbocycles. The van der Waals surface area contributed by atoms with Crippen LogP contribution in [-0.2, 0) is 6.42 Å². The standard InChI is InChI=1S/C14H11Cl2N3/c1-9-12(8-10-3-2-4-11(15)7-10)14(16)19-13(18-9)5-6-17-19/h2-7H,8H2,1H3. The number of fused-ring (bicyclic) bond motifs is 1. The van der Waals surface area contributed by atoms with Crippen LogP contribution in [0.25, 0.3) is 5.65 Å². The highest BCUT2D eigenvalue weighted by Crippen LogP contribution is 2.23. The van der Waals surface area contributed by atoms with Gasteiger partial charge in [0, 0.05) is 28.8 Å². The third-order valence-corrected chi connectivity index (χ3v) is 3.67. The first kappa shape index (κ1) is 12.5. The average molecular weight is 292 g/mol. The van der Waals surface area contributed by atoms with Gasteiger partial charge in [-0.3, -0.25) is 0 Å². The fraction of sp³-hybridized carbons (Fsp3) is 0.143. The van der Waals surface area contributed by atoms with E-state index < -0.39 is 0 Å². The Hall–Kier alpha value is -1.58. The van der Waals surface area contributed by atoms with E-state index in [0.717, 1.165) is 27.5 Å². The van der Waals surface area contributed by atoms with Crippen LogP contribution < -0.4 is 0 Å². The molecule has 0 saturated carbocycles. The molecule has 3 nitrogen and oxygen atoms in total. The van der Waals surface area contributed by atoms with Gasteiger partial charge in [-0.2, -0.15) is 5.10 Å². The summed E-state index contributed by atoms with van der Waals surface area (Å²) in [6.07, 6.45) is 2.38. The van der Waals surface area contributed by atoms with E-state index in [9.17, 15) is 0 Å². The molecule has 1 aromatic carbocycles. The number of hydrogen-bond acceptors (Lipinski definition) is 2. The largest absolute Gasteiger partial charge is 0.233 e. The third-order valence-electron chi connectivity index (χ3n) is 3.05. The number of benzene rings is 1. The van der Waals surface area contributed by atoms with Gasteiger partial charge in [-0.15, -0.1) is 0 Å². The molecule has 0 radical (unpaired) electrons. The monoisotopic (exact) mass is 291 g/mol. The van der Waals surface area contributed by atoms with Crippen LogP contribution >= 0.6 is 23.2 Å². The molecule has 0 amide bonds. The second-order valence-corrected chi connectivity index (χ2v) is 5.17. The molecular weight excluding hydrogens is 281 g/mol. The van der Waals surface area contributed by atoms with E-state index in [1.54, 1.807) is 10.7 Å². The van der Waals surface area contributed by atoms with E-state index in [1.165, 1.54) is 0 Å². The molecule has 0 N–H and O–H groups in total. The van der Waals surface area contributed by atoms with Crippen LogP contribution in [0.15, 0.2) is 36.5 Å². The second kappa shape index (κ2) is 4.83. The minimum absolute atomic E-state index is 0.604. The van der Waals surface area contributed by atoms with Crippen molar-refractivity contribution in [3.63, 3.8) is 0 Å². The van der Waals surface area contributed by atoms with Crippen molar-refractivity contribution in [2.75, 3.05) is 0 Å². The van der Waals surface area contributed by atoms with Gasteiger partial charge in [-0.25, -0.2) is 9.50 Å². The Morgan fingerprint density at radius 2 is 2.05 bits per heavy atom. The first-order valence-electron chi connectivity index (χ1n) is 5.88. The highest BCUT2D eigenvalue weighted by Gasteiger charge is 2.12. The van der Waals surface area contributed by atoms with Crippen molar-refractivity contribution in [3.05, 3.63) is 63.5 Å². The van der Waals surface area contributed by atoms with Crippen molar-refractivity contribution in [1.82, 2.24) is 14.6 Å². The lowest BCUT2D eigenvalue weighted by Crippen LogP contribution is -2.03. The zero-order chi connectivity index (χ0) is 13.4. The van der Waals surface area contributed by atoms with Crippen molar-refractivity contribution >= 4 is 28.8 Å². The van der Waals surface area contributed by atoms with Gasteiger partial charge < -0.3 is 0 Å². The highest BCUT2D eigenvalue weighted by molar-refractivity contribution is 6.31. The molecule has 0 bridgehead atoms. The Morgan fingerprint density at radius 3 is 2.84 bits per heavy atom. The smallest absolute Gasteiger partial charge is 0.156 e. The molecule has 0 aliphatic rings. The van der Waals surface area contributed by atoms with Crippen molar-refractivity contribution in [3.8, 4) is 0 Å². The van der Waals surface area contributed by atoms with Crippen molar-refractivity contribution in [2.45, 2.75) is 13.3 Å².